The lowest BCUT2D eigenvalue weighted by molar-refractivity contribution is -0.0267. The molecule has 1 aliphatic heterocycles. The molecule has 1 aromatic heterocycles. The summed E-state index contributed by atoms with van der Waals surface area (Å²) in [4.78, 5) is 5.45. The Morgan fingerprint density at radius 1 is 1.43 bits per heavy atom. The molecule has 1 aromatic rings. The van der Waals surface area contributed by atoms with E-state index in [2.05, 4.69) is 20.9 Å². The highest BCUT2D eigenvalue weighted by Gasteiger charge is 2.45. The minimum atomic E-state index is -2.59. The van der Waals surface area contributed by atoms with Crippen molar-refractivity contribution in [3.8, 4) is 0 Å². The summed E-state index contributed by atoms with van der Waals surface area (Å²) in [7, 11) is 0. The molecule has 0 N–H and O–H groups in total. The minimum absolute atomic E-state index is 0.293. The number of hydrogen-bond donors (Lipinski definition) is 0. The lowest BCUT2D eigenvalue weighted by Gasteiger charge is -2.39. The molecule has 0 aromatic carbocycles. The first-order chi connectivity index (χ1) is 6.48. The Balaban J connectivity index is 2.22. The van der Waals surface area contributed by atoms with Crippen LogP contribution in [0.2, 0.25) is 5.15 Å². The zero-order valence-corrected chi connectivity index (χ0v) is 9.32. The zero-order chi connectivity index (χ0) is 10.3. The Hall–Kier alpha value is -0.420. The van der Waals surface area contributed by atoms with E-state index in [9.17, 15) is 8.78 Å². The van der Waals surface area contributed by atoms with Gasteiger partial charge in [0.15, 0.2) is 0 Å². The normalized spacial score (nSPS) is 19.3. The fourth-order valence-corrected chi connectivity index (χ4v) is 1.91. The molecule has 0 atom stereocenters. The molecule has 0 bridgehead atoms. The van der Waals surface area contributed by atoms with Gasteiger partial charge in [0.1, 0.15) is 11.0 Å². The highest BCUT2D eigenvalue weighted by molar-refractivity contribution is 9.10. The highest BCUT2D eigenvalue weighted by atomic mass is 79.9. The van der Waals surface area contributed by atoms with Crippen molar-refractivity contribution in [3.05, 3.63) is 21.8 Å². The third kappa shape index (κ3) is 1.83. The first-order valence-corrected chi connectivity index (χ1v) is 5.10. The fraction of sp³-hybridized carbons (Fsp3) is 0.375. The van der Waals surface area contributed by atoms with Gasteiger partial charge in [0.05, 0.1) is 17.6 Å². The monoisotopic (exact) mass is 282 g/mol. The van der Waals surface area contributed by atoms with Crippen molar-refractivity contribution in [1.29, 1.82) is 0 Å². The smallest absolute Gasteiger partial charge is 0.282 e. The number of rotatable bonds is 1. The van der Waals surface area contributed by atoms with E-state index < -0.39 is 5.92 Å². The molecular weight excluding hydrogens is 277 g/mol. The van der Waals surface area contributed by atoms with Crippen molar-refractivity contribution in [2.45, 2.75) is 5.92 Å². The van der Waals surface area contributed by atoms with Crippen LogP contribution in [0.4, 0.5) is 14.6 Å². The Kier molecular flexibility index (Phi) is 2.39. The first-order valence-electron chi connectivity index (χ1n) is 3.93. The van der Waals surface area contributed by atoms with E-state index >= 15 is 0 Å². The lowest BCUT2D eigenvalue weighted by Crippen LogP contribution is -2.56. The molecule has 0 spiro atoms. The summed E-state index contributed by atoms with van der Waals surface area (Å²) in [5, 5.41) is 0.304. The van der Waals surface area contributed by atoms with Crippen LogP contribution < -0.4 is 4.90 Å². The second kappa shape index (κ2) is 3.31. The minimum Gasteiger partial charge on any atom is -0.343 e. The molecule has 0 saturated carbocycles. The molecule has 0 aliphatic carbocycles. The molecule has 2 nitrogen and oxygen atoms in total. The van der Waals surface area contributed by atoms with Crippen LogP contribution >= 0.6 is 27.5 Å². The maximum atomic E-state index is 12.6. The molecular formula is C8H6BrClF2N2. The molecule has 0 radical (unpaired) electrons. The van der Waals surface area contributed by atoms with Crippen LogP contribution in [0, 0.1) is 0 Å². The Labute approximate surface area is 93.0 Å². The average molecular weight is 284 g/mol. The van der Waals surface area contributed by atoms with Gasteiger partial charge in [-0.25, -0.2) is 13.8 Å². The van der Waals surface area contributed by atoms with E-state index in [0.717, 1.165) is 0 Å². The number of hydrogen-bond acceptors (Lipinski definition) is 2. The van der Waals surface area contributed by atoms with Gasteiger partial charge in [-0.3, -0.25) is 0 Å². The van der Waals surface area contributed by atoms with Gasteiger partial charge in [0.2, 0.25) is 0 Å². The predicted molar refractivity (Wildman–Crippen MR) is 54.1 cm³/mol. The second-order valence-electron chi connectivity index (χ2n) is 3.15. The van der Waals surface area contributed by atoms with Crippen molar-refractivity contribution < 1.29 is 8.78 Å². The van der Waals surface area contributed by atoms with Gasteiger partial charge < -0.3 is 4.90 Å². The van der Waals surface area contributed by atoms with Crippen LogP contribution in [0.5, 0.6) is 0 Å². The standard InChI is InChI=1S/C8H6BrClF2N2/c9-5-1-2-6(10)13-7(5)14-3-8(11,12)4-14/h1-2H,3-4H2. The van der Waals surface area contributed by atoms with E-state index in [-0.39, 0.29) is 13.1 Å². The average Bonchev–Trinajstić information content (AvgIpc) is 2.05. The van der Waals surface area contributed by atoms with E-state index in [1.807, 2.05) is 0 Å². The van der Waals surface area contributed by atoms with Crippen LogP contribution in [0.1, 0.15) is 0 Å². The SMILES string of the molecule is FC1(F)CN(c2nc(Cl)ccc2Br)C1. The maximum Gasteiger partial charge on any atom is 0.282 e. The molecule has 2 rings (SSSR count). The van der Waals surface area contributed by atoms with Gasteiger partial charge in [-0.15, -0.1) is 0 Å². The highest BCUT2D eigenvalue weighted by Crippen LogP contribution is 2.35. The van der Waals surface area contributed by atoms with Crippen LogP contribution in [0.25, 0.3) is 0 Å². The lowest BCUT2D eigenvalue weighted by atomic mass is 10.1. The third-order valence-corrected chi connectivity index (χ3v) is 2.77. The van der Waals surface area contributed by atoms with E-state index in [1.165, 1.54) is 4.90 Å². The third-order valence-electron chi connectivity index (χ3n) is 1.94. The summed E-state index contributed by atoms with van der Waals surface area (Å²) in [5.41, 5.74) is 0. The zero-order valence-electron chi connectivity index (χ0n) is 6.98. The number of pyridine rings is 1. The molecule has 2 heterocycles. The Morgan fingerprint density at radius 3 is 2.64 bits per heavy atom. The Morgan fingerprint density at radius 2 is 2.07 bits per heavy atom. The van der Waals surface area contributed by atoms with Gasteiger partial charge in [0, 0.05) is 0 Å². The first kappa shape index (κ1) is 10.1. The number of anilines is 1. The van der Waals surface area contributed by atoms with E-state index in [4.69, 9.17) is 11.6 Å². The number of halogens is 4. The van der Waals surface area contributed by atoms with E-state index in [0.29, 0.717) is 15.4 Å². The molecule has 1 aliphatic rings. The largest absolute Gasteiger partial charge is 0.343 e. The number of alkyl halides is 2. The number of aromatic nitrogens is 1. The van der Waals surface area contributed by atoms with Crippen molar-refractivity contribution in [3.63, 3.8) is 0 Å². The molecule has 6 heteroatoms. The van der Waals surface area contributed by atoms with Crippen molar-refractivity contribution in [2.75, 3.05) is 18.0 Å². The summed E-state index contributed by atoms with van der Waals surface area (Å²) >= 11 is 8.90. The maximum absolute atomic E-state index is 12.6. The summed E-state index contributed by atoms with van der Waals surface area (Å²) in [6.07, 6.45) is 0. The quantitative estimate of drug-likeness (QED) is 0.737. The van der Waals surface area contributed by atoms with Gasteiger partial charge in [-0.1, -0.05) is 11.6 Å². The predicted octanol–water partition coefficient (Wildman–Crippen LogP) is 2.95. The summed E-state index contributed by atoms with van der Waals surface area (Å²) < 4.78 is 25.9. The van der Waals surface area contributed by atoms with Crippen LogP contribution in [0.15, 0.2) is 16.6 Å². The Bertz CT molecular complexity index is 364. The second-order valence-corrected chi connectivity index (χ2v) is 4.39. The van der Waals surface area contributed by atoms with E-state index in [1.54, 1.807) is 12.1 Å². The van der Waals surface area contributed by atoms with Gasteiger partial charge in [-0.05, 0) is 28.1 Å². The van der Waals surface area contributed by atoms with Crippen LogP contribution in [0.3, 0.4) is 0 Å². The topological polar surface area (TPSA) is 16.1 Å². The summed E-state index contributed by atoms with van der Waals surface area (Å²) in [6, 6.07) is 3.30. The molecule has 0 unspecified atom stereocenters. The summed E-state index contributed by atoms with van der Waals surface area (Å²) in [6.45, 7) is -0.585. The van der Waals surface area contributed by atoms with Crippen LogP contribution in [-0.4, -0.2) is 24.0 Å². The molecule has 1 saturated heterocycles. The van der Waals surface area contributed by atoms with Crippen LogP contribution in [-0.2, 0) is 0 Å². The van der Waals surface area contributed by atoms with Crippen molar-refractivity contribution in [1.82, 2.24) is 4.98 Å². The van der Waals surface area contributed by atoms with Crippen molar-refractivity contribution >= 4 is 33.3 Å². The molecule has 14 heavy (non-hydrogen) atoms. The van der Waals surface area contributed by atoms with Gasteiger partial charge in [-0.2, -0.15) is 0 Å². The molecule has 0 amide bonds. The number of nitrogens with zero attached hydrogens (tertiary/aromatic N) is 2. The molecule has 76 valence electrons. The molecule has 1 fully saturated rings. The van der Waals surface area contributed by atoms with Gasteiger partial charge in [0.25, 0.3) is 5.92 Å². The summed E-state index contributed by atoms with van der Waals surface area (Å²) in [5.74, 6) is -2.12. The van der Waals surface area contributed by atoms with Crippen molar-refractivity contribution in [2.24, 2.45) is 0 Å². The van der Waals surface area contributed by atoms with Gasteiger partial charge >= 0.3 is 0 Å². The fourth-order valence-electron chi connectivity index (χ4n) is 1.29.